The fourth-order valence-corrected chi connectivity index (χ4v) is 3.50. The largest absolute Gasteiger partial charge is 0.235 e. The molecule has 2 aromatic rings. The summed E-state index contributed by atoms with van der Waals surface area (Å²) in [5.74, 6) is 0. The molecule has 1 atom stereocenters. The highest BCUT2D eigenvalue weighted by Gasteiger charge is 2.30. The Bertz CT molecular complexity index is 558. The molecule has 0 spiro atoms. The second-order valence-electron chi connectivity index (χ2n) is 4.90. The van der Waals surface area contributed by atoms with Crippen LogP contribution in [-0.4, -0.2) is 6.08 Å². The standard InChI is InChI=1S/C17H19NOS/c1-2-17(18-14-19,16-11-7-13-20-16)12-6-10-15-8-4-3-5-9-15/h3-5,7-9,11,13H,2,6,10,12H2,1H3. The fourth-order valence-electron chi connectivity index (χ4n) is 2.52. The van der Waals surface area contributed by atoms with Crippen LogP contribution in [0, 0.1) is 0 Å². The molecule has 0 amide bonds. The maximum absolute atomic E-state index is 10.8. The van der Waals surface area contributed by atoms with Gasteiger partial charge in [-0.3, -0.25) is 0 Å². The van der Waals surface area contributed by atoms with E-state index < -0.39 is 0 Å². The molecule has 0 saturated heterocycles. The van der Waals surface area contributed by atoms with Crippen molar-refractivity contribution in [2.75, 3.05) is 0 Å². The highest BCUT2D eigenvalue weighted by Crippen LogP contribution is 2.37. The summed E-state index contributed by atoms with van der Waals surface area (Å²) in [5, 5.41) is 2.04. The number of nitrogens with zero attached hydrogens (tertiary/aromatic N) is 1. The Labute approximate surface area is 124 Å². The van der Waals surface area contributed by atoms with Crippen molar-refractivity contribution in [1.82, 2.24) is 0 Å². The average Bonchev–Trinajstić information content (AvgIpc) is 3.02. The molecular formula is C17H19NOS. The van der Waals surface area contributed by atoms with Gasteiger partial charge in [0.15, 0.2) is 0 Å². The molecular weight excluding hydrogens is 266 g/mol. The van der Waals surface area contributed by atoms with Crippen LogP contribution in [0.2, 0.25) is 0 Å². The fraction of sp³-hybridized carbons (Fsp3) is 0.353. The van der Waals surface area contributed by atoms with Gasteiger partial charge >= 0.3 is 0 Å². The predicted octanol–water partition coefficient (Wildman–Crippen LogP) is 4.71. The van der Waals surface area contributed by atoms with Gasteiger partial charge in [-0.2, -0.15) is 4.99 Å². The molecule has 0 aliphatic rings. The zero-order valence-electron chi connectivity index (χ0n) is 11.7. The van der Waals surface area contributed by atoms with E-state index in [1.54, 1.807) is 17.4 Å². The Hall–Kier alpha value is -1.70. The Balaban J connectivity index is 2.07. The van der Waals surface area contributed by atoms with Gasteiger partial charge in [-0.25, -0.2) is 4.79 Å². The third-order valence-electron chi connectivity index (χ3n) is 3.72. The summed E-state index contributed by atoms with van der Waals surface area (Å²) >= 11 is 1.67. The van der Waals surface area contributed by atoms with E-state index in [2.05, 4.69) is 42.2 Å². The first-order valence-corrected chi connectivity index (χ1v) is 7.85. The number of aliphatic imine (C=N–C) groups is 1. The molecule has 0 saturated carbocycles. The van der Waals surface area contributed by atoms with E-state index >= 15 is 0 Å². The molecule has 0 aliphatic heterocycles. The smallest absolute Gasteiger partial charge is 0.211 e. The van der Waals surface area contributed by atoms with Crippen molar-refractivity contribution in [3.05, 3.63) is 58.3 Å². The van der Waals surface area contributed by atoms with Crippen molar-refractivity contribution in [3.63, 3.8) is 0 Å². The van der Waals surface area contributed by atoms with E-state index in [4.69, 9.17) is 0 Å². The lowest BCUT2D eigenvalue weighted by atomic mass is 9.88. The predicted molar refractivity (Wildman–Crippen MR) is 83.8 cm³/mol. The minimum atomic E-state index is -0.384. The second kappa shape index (κ2) is 7.18. The van der Waals surface area contributed by atoms with E-state index in [1.807, 2.05) is 17.5 Å². The van der Waals surface area contributed by atoms with Crippen molar-refractivity contribution in [1.29, 1.82) is 0 Å². The van der Waals surface area contributed by atoms with Crippen LogP contribution in [0.5, 0.6) is 0 Å². The molecule has 1 aromatic carbocycles. The molecule has 1 unspecified atom stereocenters. The zero-order valence-corrected chi connectivity index (χ0v) is 12.5. The SMILES string of the molecule is CCC(CCCc1ccccc1)(N=C=O)c1cccs1. The molecule has 0 bridgehead atoms. The Morgan fingerprint density at radius 3 is 2.60 bits per heavy atom. The zero-order chi connectivity index (χ0) is 14.3. The van der Waals surface area contributed by atoms with Crippen LogP contribution in [0.3, 0.4) is 0 Å². The first-order valence-electron chi connectivity index (χ1n) is 6.97. The van der Waals surface area contributed by atoms with Gasteiger partial charge in [-0.15, -0.1) is 11.3 Å². The van der Waals surface area contributed by atoms with Crippen LogP contribution in [0.1, 0.15) is 36.6 Å². The van der Waals surface area contributed by atoms with Crippen LogP contribution in [0.15, 0.2) is 52.8 Å². The molecule has 20 heavy (non-hydrogen) atoms. The van der Waals surface area contributed by atoms with Gasteiger partial charge in [-0.1, -0.05) is 43.3 Å². The average molecular weight is 285 g/mol. The minimum Gasteiger partial charge on any atom is -0.211 e. The van der Waals surface area contributed by atoms with Crippen LogP contribution < -0.4 is 0 Å². The van der Waals surface area contributed by atoms with E-state index in [0.29, 0.717) is 0 Å². The van der Waals surface area contributed by atoms with Crippen molar-refractivity contribution in [3.8, 4) is 0 Å². The van der Waals surface area contributed by atoms with Crippen molar-refractivity contribution in [2.24, 2.45) is 4.99 Å². The van der Waals surface area contributed by atoms with E-state index in [9.17, 15) is 4.79 Å². The number of hydrogen-bond donors (Lipinski definition) is 0. The lowest BCUT2D eigenvalue weighted by molar-refractivity contribution is 0.389. The number of aryl methyl sites for hydroxylation is 1. The normalized spacial score (nSPS) is 13.4. The third kappa shape index (κ3) is 3.44. The van der Waals surface area contributed by atoms with Crippen molar-refractivity contribution >= 4 is 17.4 Å². The van der Waals surface area contributed by atoms with Gasteiger partial charge in [-0.05, 0) is 42.7 Å². The number of rotatable bonds is 7. The summed E-state index contributed by atoms with van der Waals surface area (Å²) in [6.07, 6.45) is 5.52. The summed E-state index contributed by atoms with van der Waals surface area (Å²) in [7, 11) is 0. The van der Waals surface area contributed by atoms with Crippen LogP contribution in [0.25, 0.3) is 0 Å². The second-order valence-corrected chi connectivity index (χ2v) is 5.85. The number of thiophene rings is 1. The third-order valence-corrected chi connectivity index (χ3v) is 4.79. The monoisotopic (exact) mass is 285 g/mol. The first kappa shape index (κ1) is 14.7. The maximum Gasteiger partial charge on any atom is 0.235 e. The molecule has 2 nitrogen and oxygen atoms in total. The Morgan fingerprint density at radius 2 is 2.00 bits per heavy atom. The summed E-state index contributed by atoms with van der Waals surface area (Å²) in [6, 6.07) is 14.5. The number of carbonyl (C=O) groups excluding carboxylic acids is 1. The Kier molecular flexibility index (Phi) is 5.28. The van der Waals surface area contributed by atoms with Gasteiger partial charge in [0.1, 0.15) is 5.54 Å². The molecule has 1 aromatic heterocycles. The van der Waals surface area contributed by atoms with Gasteiger partial charge in [0.25, 0.3) is 0 Å². The molecule has 0 aliphatic carbocycles. The molecule has 0 radical (unpaired) electrons. The maximum atomic E-state index is 10.8. The number of hydrogen-bond acceptors (Lipinski definition) is 3. The first-order chi connectivity index (χ1) is 9.80. The van der Waals surface area contributed by atoms with E-state index in [-0.39, 0.29) is 5.54 Å². The van der Waals surface area contributed by atoms with Gasteiger partial charge in [0.2, 0.25) is 6.08 Å². The van der Waals surface area contributed by atoms with Crippen molar-refractivity contribution in [2.45, 2.75) is 38.1 Å². The summed E-state index contributed by atoms with van der Waals surface area (Å²) < 4.78 is 0. The molecule has 0 N–H and O–H groups in total. The highest BCUT2D eigenvalue weighted by atomic mass is 32.1. The van der Waals surface area contributed by atoms with E-state index in [1.165, 1.54) is 5.56 Å². The molecule has 0 fully saturated rings. The summed E-state index contributed by atoms with van der Waals surface area (Å²) in [6.45, 7) is 2.09. The van der Waals surface area contributed by atoms with Gasteiger partial charge in [0.05, 0.1) is 0 Å². The Morgan fingerprint density at radius 1 is 1.20 bits per heavy atom. The molecule has 3 heteroatoms. The van der Waals surface area contributed by atoms with Gasteiger partial charge < -0.3 is 0 Å². The van der Waals surface area contributed by atoms with Gasteiger partial charge in [0, 0.05) is 4.88 Å². The van der Waals surface area contributed by atoms with Crippen LogP contribution in [-0.2, 0) is 16.8 Å². The van der Waals surface area contributed by atoms with E-state index in [0.717, 1.165) is 30.6 Å². The van der Waals surface area contributed by atoms with Crippen LogP contribution in [0.4, 0.5) is 0 Å². The minimum absolute atomic E-state index is 0.384. The number of isocyanates is 1. The van der Waals surface area contributed by atoms with Crippen LogP contribution >= 0.6 is 11.3 Å². The lowest BCUT2D eigenvalue weighted by Crippen LogP contribution is -2.21. The van der Waals surface area contributed by atoms with Crippen molar-refractivity contribution < 1.29 is 4.79 Å². The summed E-state index contributed by atoms with van der Waals surface area (Å²) in [5.41, 5.74) is 0.948. The number of benzene rings is 1. The lowest BCUT2D eigenvalue weighted by Gasteiger charge is -2.25. The molecule has 1 heterocycles. The summed E-state index contributed by atoms with van der Waals surface area (Å²) in [4.78, 5) is 16.1. The molecule has 2 rings (SSSR count). The molecule has 104 valence electrons. The quantitative estimate of drug-likeness (QED) is 0.535. The topological polar surface area (TPSA) is 29.4 Å². The highest BCUT2D eigenvalue weighted by molar-refractivity contribution is 7.10.